The Morgan fingerprint density at radius 3 is 1.92 bits per heavy atom. The molecule has 1 nitrogen and oxygen atoms in total. The van der Waals surface area contributed by atoms with E-state index in [1.807, 2.05) is 6.07 Å². The summed E-state index contributed by atoms with van der Waals surface area (Å²) in [6.07, 6.45) is 0. The van der Waals surface area contributed by atoms with Gasteiger partial charge in [-0.2, -0.15) is 0 Å². The lowest BCUT2D eigenvalue weighted by atomic mass is 10.3. The van der Waals surface area contributed by atoms with Gasteiger partial charge in [0.2, 0.25) is 7.26 Å². The first kappa shape index (κ1) is 12.4. The van der Waals surface area contributed by atoms with Gasteiger partial charge in [-0.3, -0.25) is 0 Å². The van der Waals surface area contributed by atoms with Gasteiger partial charge in [-0.15, -0.1) is 0 Å². The highest BCUT2D eigenvalue weighted by molar-refractivity contribution is 6.80. The van der Waals surface area contributed by atoms with Gasteiger partial charge >= 0.3 is 0 Å². The smallest absolute Gasteiger partial charge is 0.215 e. The monoisotopic (exact) mass is 197 g/mol. The summed E-state index contributed by atoms with van der Waals surface area (Å²) in [5.41, 5.74) is 1.32. The number of rotatable bonds is 3. The zero-order chi connectivity index (χ0) is 10.1. The van der Waals surface area contributed by atoms with Gasteiger partial charge in [0, 0.05) is 18.8 Å². The average molecular weight is 198 g/mol. The van der Waals surface area contributed by atoms with Crippen LogP contribution in [0.5, 0.6) is 0 Å². The van der Waals surface area contributed by atoms with E-state index < -0.39 is 0 Å². The molecule has 13 heavy (non-hydrogen) atoms. The standard InChI is InChI=1S/C10H15N.BClH2/c1-3-11(4-2)10-8-6-5-7-9-10;1-2/h5-9H,3-4H2,1-2H3;1H2. The Hall–Kier alpha value is -0.625. The predicted molar refractivity (Wildman–Crippen MR) is 64.4 cm³/mol. The highest BCUT2D eigenvalue weighted by atomic mass is 35.5. The Morgan fingerprint density at radius 1 is 1.08 bits per heavy atom. The minimum Gasteiger partial charge on any atom is -0.372 e. The maximum Gasteiger partial charge on any atom is 0.215 e. The summed E-state index contributed by atoms with van der Waals surface area (Å²) in [5.74, 6) is 0. The van der Waals surface area contributed by atoms with E-state index in [1.165, 1.54) is 12.9 Å². The lowest BCUT2D eigenvalue weighted by Gasteiger charge is -2.20. The third-order valence-electron chi connectivity index (χ3n) is 1.88. The van der Waals surface area contributed by atoms with Crippen molar-refractivity contribution in [3.05, 3.63) is 30.3 Å². The molecule has 0 aliphatic heterocycles. The molecule has 0 saturated carbocycles. The van der Waals surface area contributed by atoms with Crippen molar-refractivity contribution in [1.82, 2.24) is 0 Å². The molecule has 0 aliphatic rings. The average Bonchev–Trinajstić information content (AvgIpc) is 2.24. The number of anilines is 1. The highest BCUT2D eigenvalue weighted by Crippen LogP contribution is 2.11. The van der Waals surface area contributed by atoms with Crippen LogP contribution in [-0.4, -0.2) is 20.4 Å². The Kier molecular flexibility index (Phi) is 7.61. The van der Waals surface area contributed by atoms with E-state index in [0.717, 1.165) is 13.1 Å². The summed E-state index contributed by atoms with van der Waals surface area (Å²) < 4.78 is 0. The molecular formula is C10H17BClN. The number of hydrogen-bond donors (Lipinski definition) is 0. The SMILES string of the molecule is BCl.CCN(CC)c1ccccc1. The van der Waals surface area contributed by atoms with Crippen molar-refractivity contribution < 1.29 is 0 Å². The van der Waals surface area contributed by atoms with E-state index in [2.05, 4.69) is 54.5 Å². The minimum absolute atomic E-state index is 1.08. The van der Waals surface area contributed by atoms with Gasteiger partial charge in [-0.1, -0.05) is 18.2 Å². The minimum atomic E-state index is 1.08. The maximum absolute atomic E-state index is 4.64. The lowest BCUT2D eigenvalue weighted by Crippen LogP contribution is -2.21. The zero-order valence-corrected chi connectivity index (χ0v) is 9.38. The number of benzene rings is 1. The van der Waals surface area contributed by atoms with Crippen molar-refractivity contribution >= 4 is 24.4 Å². The molecule has 1 aromatic carbocycles. The molecule has 0 radical (unpaired) electrons. The van der Waals surface area contributed by atoms with Gasteiger partial charge in [0.1, 0.15) is 0 Å². The molecular weight excluding hydrogens is 180 g/mol. The molecule has 0 fully saturated rings. The van der Waals surface area contributed by atoms with Gasteiger partial charge in [0.25, 0.3) is 0 Å². The van der Waals surface area contributed by atoms with Crippen LogP contribution in [0.1, 0.15) is 13.8 Å². The molecule has 0 saturated heterocycles. The molecule has 72 valence electrons. The molecule has 0 amide bonds. The van der Waals surface area contributed by atoms with Crippen molar-refractivity contribution in [1.29, 1.82) is 0 Å². The number of para-hydroxylation sites is 1. The van der Waals surface area contributed by atoms with Gasteiger partial charge < -0.3 is 4.90 Å². The Bertz CT molecular complexity index is 199. The van der Waals surface area contributed by atoms with Crippen molar-refractivity contribution in [2.45, 2.75) is 13.8 Å². The van der Waals surface area contributed by atoms with Crippen molar-refractivity contribution in [3.63, 3.8) is 0 Å². The van der Waals surface area contributed by atoms with E-state index in [4.69, 9.17) is 0 Å². The van der Waals surface area contributed by atoms with Crippen LogP contribution in [0.25, 0.3) is 0 Å². The summed E-state index contributed by atoms with van der Waals surface area (Å²) >= 11 is 4.64. The van der Waals surface area contributed by atoms with Gasteiger partial charge in [0.05, 0.1) is 0 Å². The number of hydrogen-bond acceptors (Lipinski definition) is 1. The largest absolute Gasteiger partial charge is 0.372 e. The van der Waals surface area contributed by atoms with E-state index in [-0.39, 0.29) is 0 Å². The second-order valence-corrected chi connectivity index (χ2v) is 2.51. The lowest BCUT2D eigenvalue weighted by molar-refractivity contribution is 0.866. The predicted octanol–water partition coefficient (Wildman–Crippen LogP) is 2.31. The molecule has 0 spiro atoms. The third kappa shape index (κ3) is 4.23. The first-order valence-corrected chi connectivity index (χ1v) is 5.31. The highest BCUT2D eigenvalue weighted by Gasteiger charge is 1.97. The first-order valence-electron chi connectivity index (χ1n) is 4.56. The second-order valence-electron chi connectivity index (χ2n) is 2.51. The van der Waals surface area contributed by atoms with Crippen molar-refractivity contribution in [2.75, 3.05) is 18.0 Å². The zero-order valence-electron chi connectivity index (χ0n) is 8.63. The van der Waals surface area contributed by atoms with Crippen LogP contribution < -0.4 is 4.90 Å². The normalized spacial score (nSPS) is 8.54. The number of halogens is 1. The van der Waals surface area contributed by atoms with Crippen LogP contribution in [0.2, 0.25) is 0 Å². The van der Waals surface area contributed by atoms with Crippen molar-refractivity contribution in [3.8, 4) is 0 Å². The van der Waals surface area contributed by atoms with E-state index >= 15 is 0 Å². The van der Waals surface area contributed by atoms with Gasteiger partial charge in [-0.25, -0.2) is 11.5 Å². The second kappa shape index (κ2) is 8.00. The van der Waals surface area contributed by atoms with E-state index in [0.29, 0.717) is 0 Å². The van der Waals surface area contributed by atoms with Crippen molar-refractivity contribution in [2.24, 2.45) is 0 Å². The van der Waals surface area contributed by atoms with Crippen LogP contribution in [0, 0.1) is 0 Å². The molecule has 1 rings (SSSR count). The maximum atomic E-state index is 4.64. The summed E-state index contributed by atoms with van der Waals surface area (Å²) in [6.45, 7) is 6.52. The van der Waals surface area contributed by atoms with Crippen LogP contribution in [0.15, 0.2) is 30.3 Å². The fourth-order valence-electron chi connectivity index (χ4n) is 1.23. The summed E-state index contributed by atoms with van der Waals surface area (Å²) in [5, 5.41) is 0. The molecule has 1 aromatic rings. The quantitative estimate of drug-likeness (QED) is 0.672. The molecule has 0 atom stereocenters. The van der Waals surface area contributed by atoms with Crippen LogP contribution >= 0.6 is 11.5 Å². The molecule has 0 heterocycles. The molecule has 3 heteroatoms. The molecule has 0 N–H and O–H groups in total. The molecule has 0 bridgehead atoms. The van der Waals surface area contributed by atoms with Gasteiger partial charge in [0.15, 0.2) is 0 Å². The number of nitrogens with zero attached hydrogens (tertiary/aromatic N) is 1. The summed E-state index contributed by atoms with van der Waals surface area (Å²) in [7, 11) is 1.47. The molecule has 0 unspecified atom stereocenters. The Morgan fingerprint density at radius 2 is 1.54 bits per heavy atom. The fraction of sp³-hybridized carbons (Fsp3) is 0.400. The van der Waals surface area contributed by atoms with Crippen LogP contribution in [-0.2, 0) is 0 Å². The summed E-state index contributed by atoms with van der Waals surface area (Å²) in [4.78, 5) is 2.33. The summed E-state index contributed by atoms with van der Waals surface area (Å²) in [6, 6.07) is 10.5. The topological polar surface area (TPSA) is 3.24 Å². The first-order chi connectivity index (χ1) is 6.38. The third-order valence-corrected chi connectivity index (χ3v) is 1.88. The fourth-order valence-corrected chi connectivity index (χ4v) is 1.23. The molecule has 0 aliphatic carbocycles. The van der Waals surface area contributed by atoms with Gasteiger partial charge in [-0.05, 0) is 26.0 Å². The van der Waals surface area contributed by atoms with Crippen LogP contribution in [0.3, 0.4) is 0 Å². The van der Waals surface area contributed by atoms with E-state index in [1.54, 1.807) is 0 Å². The van der Waals surface area contributed by atoms with E-state index in [9.17, 15) is 0 Å². The Labute approximate surface area is 87.0 Å². The van der Waals surface area contributed by atoms with Crippen LogP contribution in [0.4, 0.5) is 5.69 Å². The molecule has 0 aromatic heterocycles. The Balaban J connectivity index is 0.000000671.